The maximum atomic E-state index is 12.0. The van der Waals surface area contributed by atoms with E-state index in [1.165, 1.54) is 12.1 Å². The van der Waals surface area contributed by atoms with Crippen LogP contribution in [0.1, 0.15) is 33.1 Å². The minimum atomic E-state index is -0.488. The molecule has 1 aromatic carbocycles. The lowest BCUT2D eigenvalue weighted by Gasteiger charge is -2.38. The van der Waals surface area contributed by atoms with Crippen molar-refractivity contribution in [2.75, 3.05) is 5.32 Å². The van der Waals surface area contributed by atoms with Gasteiger partial charge in [-0.1, -0.05) is 12.5 Å². The lowest BCUT2D eigenvalue weighted by molar-refractivity contribution is -0.384. The van der Waals surface area contributed by atoms with Gasteiger partial charge in [-0.2, -0.15) is 0 Å². The van der Waals surface area contributed by atoms with Crippen LogP contribution in [0.5, 0.6) is 0 Å². The Morgan fingerprint density at radius 1 is 1.33 bits per heavy atom. The third kappa shape index (κ3) is 3.91. The number of nitro groups is 1. The van der Waals surface area contributed by atoms with Gasteiger partial charge in [-0.3, -0.25) is 15.5 Å². The van der Waals surface area contributed by atoms with Crippen molar-refractivity contribution in [3.8, 4) is 0 Å². The standard InChI is InChI=1S/C14H20N4O3/c1-10-5-3-6-11(2)17(10)16-14(19)15-12-7-4-8-13(9-12)18(20)21/h4,7-11H,3,5-6H2,1-2H3,(H2,15,16,19)/t10-,11+. The van der Waals surface area contributed by atoms with E-state index < -0.39 is 4.92 Å². The highest BCUT2D eigenvalue weighted by Gasteiger charge is 2.26. The molecule has 0 bridgehead atoms. The summed E-state index contributed by atoms with van der Waals surface area (Å²) in [6.45, 7) is 4.15. The van der Waals surface area contributed by atoms with Crippen molar-refractivity contribution in [1.29, 1.82) is 0 Å². The van der Waals surface area contributed by atoms with E-state index in [1.54, 1.807) is 12.1 Å². The second-order valence-corrected chi connectivity index (χ2v) is 5.41. The quantitative estimate of drug-likeness (QED) is 0.662. The van der Waals surface area contributed by atoms with Crippen LogP contribution >= 0.6 is 0 Å². The van der Waals surface area contributed by atoms with Gasteiger partial charge in [-0.25, -0.2) is 9.80 Å². The first-order valence-corrected chi connectivity index (χ1v) is 7.08. The molecule has 0 saturated carbocycles. The maximum Gasteiger partial charge on any atom is 0.333 e. The van der Waals surface area contributed by atoms with E-state index >= 15 is 0 Å². The van der Waals surface area contributed by atoms with Gasteiger partial charge in [0.2, 0.25) is 0 Å². The van der Waals surface area contributed by atoms with Gasteiger partial charge in [0.15, 0.2) is 0 Å². The van der Waals surface area contributed by atoms with Crippen LogP contribution in [-0.2, 0) is 0 Å². The molecule has 1 heterocycles. The van der Waals surface area contributed by atoms with Gasteiger partial charge in [0.25, 0.3) is 5.69 Å². The van der Waals surface area contributed by atoms with Crippen LogP contribution in [-0.4, -0.2) is 28.0 Å². The van der Waals surface area contributed by atoms with Crippen molar-refractivity contribution in [2.24, 2.45) is 0 Å². The van der Waals surface area contributed by atoms with Crippen LogP contribution in [0.2, 0.25) is 0 Å². The number of piperidine rings is 1. The molecule has 0 radical (unpaired) electrons. The summed E-state index contributed by atoms with van der Waals surface area (Å²) in [6, 6.07) is 6.07. The molecule has 0 unspecified atom stereocenters. The minimum absolute atomic E-state index is 0.0486. The van der Waals surface area contributed by atoms with Gasteiger partial charge in [0, 0.05) is 29.9 Å². The summed E-state index contributed by atoms with van der Waals surface area (Å²) in [4.78, 5) is 22.2. The van der Waals surface area contributed by atoms with Crippen molar-refractivity contribution in [1.82, 2.24) is 10.4 Å². The van der Waals surface area contributed by atoms with E-state index in [-0.39, 0.29) is 23.8 Å². The largest absolute Gasteiger partial charge is 0.333 e. The Morgan fingerprint density at radius 3 is 2.62 bits per heavy atom. The monoisotopic (exact) mass is 292 g/mol. The number of hydrogen-bond acceptors (Lipinski definition) is 4. The molecule has 0 aromatic heterocycles. The van der Waals surface area contributed by atoms with Crippen LogP contribution in [0.4, 0.5) is 16.2 Å². The summed E-state index contributed by atoms with van der Waals surface area (Å²) in [5.41, 5.74) is 3.18. The van der Waals surface area contributed by atoms with E-state index in [4.69, 9.17) is 0 Å². The zero-order valence-electron chi connectivity index (χ0n) is 12.2. The molecule has 114 valence electrons. The summed E-state index contributed by atoms with van der Waals surface area (Å²) in [6.07, 6.45) is 3.25. The SMILES string of the molecule is C[C@@H]1CCC[C@H](C)N1NC(=O)Nc1cccc([N+](=O)[O-])c1. The van der Waals surface area contributed by atoms with E-state index in [9.17, 15) is 14.9 Å². The number of nitrogens with one attached hydrogen (secondary N) is 2. The predicted molar refractivity (Wildman–Crippen MR) is 79.9 cm³/mol. The number of carbonyl (C=O) groups is 1. The van der Waals surface area contributed by atoms with Crippen LogP contribution < -0.4 is 10.7 Å². The highest BCUT2D eigenvalue weighted by atomic mass is 16.6. The molecule has 7 heteroatoms. The van der Waals surface area contributed by atoms with Crippen LogP contribution in [0.3, 0.4) is 0 Å². The summed E-state index contributed by atoms with van der Waals surface area (Å²) in [7, 11) is 0. The average Bonchev–Trinajstić information content (AvgIpc) is 2.43. The predicted octanol–water partition coefficient (Wildman–Crippen LogP) is 2.89. The van der Waals surface area contributed by atoms with E-state index in [2.05, 4.69) is 24.6 Å². The first-order chi connectivity index (χ1) is 9.97. The molecule has 2 atom stereocenters. The van der Waals surface area contributed by atoms with Gasteiger partial charge in [-0.05, 0) is 32.8 Å². The third-order valence-electron chi connectivity index (χ3n) is 3.74. The molecule has 0 spiro atoms. The summed E-state index contributed by atoms with van der Waals surface area (Å²) < 4.78 is 0. The molecule has 1 fully saturated rings. The Morgan fingerprint density at radius 2 is 2.00 bits per heavy atom. The second-order valence-electron chi connectivity index (χ2n) is 5.41. The molecule has 7 nitrogen and oxygen atoms in total. The van der Waals surface area contributed by atoms with Crippen molar-refractivity contribution < 1.29 is 9.72 Å². The van der Waals surface area contributed by atoms with Gasteiger partial charge < -0.3 is 5.32 Å². The van der Waals surface area contributed by atoms with Crippen molar-refractivity contribution >= 4 is 17.4 Å². The molecule has 1 saturated heterocycles. The van der Waals surface area contributed by atoms with Crippen LogP contribution in [0, 0.1) is 10.1 Å². The van der Waals surface area contributed by atoms with Crippen molar-refractivity contribution in [2.45, 2.75) is 45.2 Å². The van der Waals surface area contributed by atoms with Crippen molar-refractivity contribution in [3.05, 3.63) is 34.4 Å². The first-order valence-electron chi connectivity index (χ1n) is 7.08. The Labute approximate surface area is 123 Å². The van der Waals surface area contributed by atoms with Crippen LogP contribution in [0.15, 0.2) is 24.3 Å². The lowest BCUT2D eigenvalue weighted by atomic mass is 10.00. The zero-order chi connectivity index (χ0) is 15.4. The Hall–Kier alpha value is -2.15. The number of rotatable bonds is 3. The number of nitro benzene ring substituents is 1. The normalized spacial score (nSPS) is 22.6. The first kappa shape index (κ1) is 15.2. The highest BCUT2D eigenvalue weighted by Crippen LogP contribution is 2.21. The van der Waals surface area contributed by atoms with E-state index in [0.717, 1.165) is 19.3 Å². The fourth-order valence-electron chi connectivity index (χ4n) is 2.62. The summed E-state index contributed by atoms with van der Waals surface area (Å²) in [5.74, 6) is 0. The molecular formula is C14H20N4O3. The zero-order valence-corrected chi connectivity index (χ0v) is 12.2. The van der Waals surface area contributed by atoms with Gasteiger partial charge >= 0.3 is 6.03 Å². The molecule has 1 aliphatic heterocycles. The molecule has 2 N–H and O–H groups in total. The molecule has 1 aromatic rings. The maximum absolute atomic E-state index is 12.0. The molecule has 21 heavy (non-hydrogen) atoms. The summed E-state index contributed by atoms with van der Waals surface area (Å²) >= 11 is 0. The Balaban J connectivity index is 1.98. The number of hydrogen-bond donors (Lipinski definition) is 2. The smallest absolute Gasteiger partial charge is 0.307 e. The van der Waals surface area contributed by atoms with Gasteiger partial charge in [0.05, 0.1) is 4.92 Å². The number of anilines is 1. The van der Waals surface area contributed by atoms with E-state index in [0.29, 0.717) is 5.69 Å². The summed E-state index contributed by atoms with van der Waals surface area (Å²) in [5, 5.41) is 15.3. The number of non-ortho nitro benzene ring substituents is 1. The fourth-order valence-corrected chi connectivity index (χ4v) is 2.62. The molecular weight excluding hydrogens is 272 g/mol. The van der Waals surface area contributed by atoms with Crippen molar-refractivity contribution in [3.63, 3.8) is 0 Å². The number of benzene rings is 1. The average molecular weight is 292 g/mol. The molecule has 2 amide bonds. The number of nitrogens with zero attached hydrogens (tertiary/aromatic N) is 2. The topological polar surface area (TPSA) is 87.5 Å². The fraction of sp³-hybridized carbons (Fsp3) is 0.500. The van der Waals surface area contributed by atoms with E-state index in [1.807, 2.05) is 5.01 Å². The van der Waals surface area contributed by atoms with Gasteiger partial charge in [-0.15, -0.1) is 0 Å². The minimum Gasteiger partial charge on any atom is -0.307 e. The molecule has 2 rings (SSSR count). The van der Waals surface area contributed by atoms with Crippen LogP contribution in [0.25, 0.3) is 0 Å². The third-order valence-corrected chi connectivity index (χ3v) is 3.74. The number of carbonyl (C=O) groups excluding carboxylic acids is 1. The lowest BCUT2D eigenvalue weighted by Crippen LogP contribution is -2.55. The number of amides is 2. The Bertz CT molecular complexity index is 525. The highest BCUT2D eigenvalue weighted by molar-refractivity contribution is 5.89. The number of hydrazine groups is 1. The Kier molecular flexibility index (Phi) is 4.74. The number of urea groups is 1. The molecule has 0 aliphatic carbocycles. The molecule has 1 aliphatic rings. The second kappa shape index (κ2) is 6.53. The van der Waals surface area contributed by atoms with Gasteiger partial charge in [0.1, 0.15) is 0 Å².